The average molecular weight is 594 g/mol. The molecule has 2 bridgehead atoms. The topological polar surface area (TPSA) is 175 Å². The number of imidazole rings is 1. The van der Waals surface area contributed by atoms with E-state index in [1.54, 1.807) is 36.5 Å². The molecule has 42 heavy (non-hydrogen) atoms. The van der Waals surface area contributed by atoms with Gasteiger partial charge < -0.3 is 35.9 Å². The predicted octanol–water partition coefficient (Wildman–Crippen LogP) is 3.26. The highest BCUT2D eigenvalue weighted by Gasteiger charge is 2.21. The summed E-state index contributed by atoms with van der Waals surface area (Å²) in [6, 6.07) is 10.2. The van der Waals surface area contributed by atoms with Crippen LogP contribution in [0, 0.1) is 0 Å². The Hall–Kier alpha value is -4.30. The molecule has 1 unspecified atom stereocenters. The maximum absolute atomic E-state index is 13.1. The van der Waals surface area contributed by atoms with Crippen LogP contribution >= 0.6 is 11.6 Å². The number of rotatable bonds is 8. The number of carbonyl (C=O) groups is 1. The summed E-state index contributed by atoms with van der Waals surface area (Å²) in [4.78, 5) is 21.2. The molecule has 0 spiro atoms. The molecule has 0 saturated carbocycles. The fourth-order valence-electron chi connectivity index (χ4n) is 4.80. The Labute approximate surface area is 247 Å². The number of aromatic nitrogens is 6. The molecule has 1 amide bonds. The SMILES string of the molecule is COC(O)Nc1ccc2c(c1)N[C@@H](CO)CCCC[C@H](NC(=O)/C=C/c1cc(Cl)ccc1-n1cnnn1)c1nc-2c[nH]1. The lowest BCUT2D eigenvalue weighted by molar-refractivity contribution is -0.117. The van der Waals surface area contributed by atoms with Crippen molar-refractivity contribution < 1.29 is 19.7 Å². The monoisotopic (exact) mass is 593 g/mol. The van der Waals surface area contributed by atoms with Crippen LogP contribution in [0.5, 0.6) is 0 Å². The largest absolute Gasteiger partial charge is 0.394 e. The molecule has 0 aliphatic carbocycles. The van der Waals surface area contributed by atoms with Crippen molar-refractivity contribution >= 4 is 35.0 Å². The van der Waals surface area contributed by atoms with Gasteiger partial charge in [0.1, 0.15) is 12.2 Å². The van der Waals surface area contributed by atoms with Crippen LogP contribution in [-0.4, -0.2) is 72.5 Å². The van der Waals surface area contributed by atoms with E-state index in [4.69, 9.17) is 21.3 Å². The summed E-state index contributed by atoms with van der Waals surface area (Å²) in [6.45, 7) is -0.0509. The zero-order valence-electron chi connectivity index (χ0n) is 22.9. The van der Waals surface area contributed by atoms with E-state index in [0.29, 0.717) is 39.9 Å². The van der Waals surface area contributed by atoms with Crippen LogP contribution in [0.15, 0.2) is 55.0 Å². The molecular formula is C28H32ClN9O4. The predicted molar refractivity (Wildman–Crippen MR) is 158 cm³/mol. The number of nitrogens with one attached hydrogen (secondary N) is 4. The second-order valence-electron chi connectivity index (χ2n) is 9.82. The van der Waals surface area contributed by atoms with Crippen molar-refractivity contribution in [3.63, 3.8) is 0 Å². The number of tetrazole rings is 1. The third-order valence-corrected chi connectivity index (χ3v) is 7.16. The standard InChI is InChI=1S/C28H32ClN9O4/c1-42-28(41)33-19-8-9-21-23(13-19)32-20(15-39)4-2-3-5-22(27-30-14-24(21)35-27)34-26(40)11-6-17-12-18(29)7-10-25(17)38-16-31-36-37-38/h6-14,16,20,22,28,32-33,39,41H,2-5,15H2,1H3,(H,30,35)(H,34,40)/b11-6+/t20-,22+,28?/m1/s1. The third kappa shape index (κ3) is 7.12. The number of methoxy groups -OCH3 is 1. The summed E-state index contributed by atoms with van der Waals surface area (Å²) in [5.41, 5.74) is 4.20. The first-order valence-corrected chi connectivity index (χ1v) is 13.9. The number of carbonyl (C=O) groups excluding carboxylic acids is 1. The number of ether oxygens (including phenoxy) is 1. The number of hydrogen-bond donors (Lipinski definition) is 6. The molecule has 1 aliphatic rings. The van der Waals surface area contributed by atoms with Crippen LogP contribution in [0.25, 0.3) is 23.0 Å². The highest BCUT2D eigenvalue weighted by atomic mass is 35.5. The number of anilines is 2. The second kappa shape index (κ2) is 13.6. The first kappa shape index (κ1) is 29.2. The molecule has 1 aliphatic heterocycles. The highest BCUT2D eigenvalue weighted by molar-refractivity contribution is 6.30. The van der Waals surface area contributed by atoms with Crippen molar-refractivity contribution in [2.45, 2.75) is 44.2 Å². The lowest BCUT2D eigenvalue weighted by atomic mass is 10.0. The quantitative estimate of drug-likeness (QED) is 0.131. The number of aliphatic hydroxyl groups excluding tert-OH is 2. The molecule has 5 rings (SSSR count). The maximum atomic E-state index is 13.1. The number of H-pyrrole nitrogens is 1. The molecule has 2 aromatic carbocycles. The summed E-state index contributed by atoms with van der Waals surface area (Å²) in [6.07, 6.45) is 8.21. The van der Waals surface area contributed by atoms with Crippen LogP contribution in [-0.2, 0) is 9.53 Å². The number of halogens is 1. The Kier molecular flexibility index (Phi) is 9.44. The van der Waals surface area contributed by atoms with Crippen molar-refractivity contribution in [3.8, 4) is 16.9 Å². The van der Waals surface area contributed by atoms with Gasteiger partial charge in [-0.2, -0.15) is 4.68 Å². The van der Waals surface area contributed by atoms with Gasteiger partial charge in [-0.1, -0.05) is 24.4 Å². The van der Waals surface area contributed by atoms with E-state index in [1.165, 1.54) is 24.2 Å². The molecule has 0 fully saturated rings. The number of benzene rings is 2. The van der Waals surface area contributed by atoms with E-state index < -0.39 is 6.41 Å². The summed E-state index contributed by atoms with van der Waals surface area (Å²) >= 11 is 6.21. The lowest BCUT2D eigenvalue weighted by Crippen LogP contribution is -2.28. The Balaban J connectivity index is 1.39. The van der Waals surface area contributed by atoms with Gasteiger partial charge in [0.25, 0.3) is 0 Å². The van der Waals surface area contributed by atoms with Gasteiger partial charge in [0.05, 0.1) is 24.0 Å². The number of nitrogens with zero attached hydrogens (tertiary/aromatic N) is 5. The first-order valence-electron chi connectivity index (χ1n) is 13.5. The molecule has 13 nitrogen and oxygen atoms in total. The Morgan fingerprint density at radius 2 is 2.12 bits per heavy atom. The van der Waals surface area contributed by atoms with E-state index >= 15 is 0 Å². The van der Waals surface area contributed by atoms with Gasteiger partial charge >= 0.3 is 0 Å². The summed E-state index contributed by atoms with van der Waals surface area (Å²) < 4.78 is 6.40. The third-order valence-electron chi connectivity index (χ3n) is 6.93. The van der Waals surface area contributed by atoms with Gasteiger partial charge in [-0.25, -0.2) is 4.98 Å². The normalized spacial score (nSPS) is 17.9. The minimum Gasteiger partial charge on any atom is -0.394 e. The van der Waals surface area contributed by atoms with E-state index in [9.17, 15) is 15.0 Å². The van der Waals surface area contributed by atoms with Crippen LogP contribution in [0.4, 0.5) is 11.4 Å². The Morgan fingerprint density at radius 3 is 2.90 bits per heavy atom. The number of fused-ring (bicyclic) bond motifs is 4. The number of hydrogen-bond acceptors (Lipinski definition) is 10. The van der Waals surface area contributed by atoms with Crippen molar-refractivity contribution in [3.05, 3.63) is 71.4 Å². The summed E-state index contributed by atoms with van der Waals surface area (Å²) in [5.74, 6) is 0.335. The Bertz CT molecular complexity index is 1530. The molecule has 14 heteroatoms. The molecule has 6 N–H and O–H groups in total. The fraction of sp³-hybridized carbons (Fsp3) is 0.321. The summed E-state index contributed by atoms with van der Waals surface area (Å²) in [7, 11) is 1.40. The van der Waals surface area contributed by atoms with E-state index in [1.807, 2.05) is 12.1 Å². The zero-order chi connectivity index (χ0) is 29.5. The van der Waals surface area contributed by atoms with Gasteiger partial charge in [0.2, 0.25) is 12.3 Å². The number of aromatic amines is 1. The molecule has 2 aromatic heterocycles. The molecule has 4 aromatic rings. The number of amides is 1. The fourth-order valence-corrected chi connectivity index (χ4v) is 4.98. The van der Waals surface area contributed by atoms with Gasteiger partial charge in [0.15, 0.2) is 0 Å². The van der Waals surface area contributed by atoms with Crippen molar-refractivity contribution in [1.29, 1.82) is 0 Å². The molecule has 3 atom stereocenters. The van der Waals surface area contributed by atoms with Gasteiger partial charge in [-0.3, -0.25) is 4.79 Å². The Morgan fingerprint density at radius 1 is 1.26 bits per heavy atom. The van der Waals surface area contributed by atoms with Crippen LogP contribution in [0.3, 0.4) is 0 Å². The smallest absolute Gasteiger partial charge is 0.244 e. The second-order valence-corrected chi connectivity index (χ2v) is 10.3. The average Bonchev–Trinajstić information content (AvgIpc) is 3.70. The molecular weight excluding hydrogens is 562 g/mol. The van der Waals surface area contributed by atoms with Crippen molar-refractivity contribution in [1.82, 2.24) is 35.5 Å². The first-order chi connectivity index (χ1) is 20.4. The minimum absolute atomic E-state index is 0.0509. The van der Waals surface area contributed by atoms with Crippen LogP contribution in [0.1, 0.15) is 43.1 Å². The molecule has 220 valence electrons. The van der Waals surface area contributed by atoms with Gasteiger partial charge in [-0.15, -0.1) is 5.10 Å². The van der Waals surface area contributed by atoms with E-state index in [2.05, 4.69) is 36.5 Å². The van der Waals surface area contributed by atoms with Crippen LogP contribution < -0.4 is 16.0 Å². The zero-order valence-corrected chi connectivity index (χ0v) is 23.6. The van der Waals surface area contributed by atoms with Crippen molar-refractivity contribution in [2.24, 2.45) is 0 Å². The highest BCUT2D eigenvalue weighted by Crippen LogP contribution is 2.33. The molecule has 0 radical (unpaired) electrons. The lowest BCUT2D eigenvalue weighted by Gasteiger charge is -2.22. The summed E-state index contributed by atoms with van der Waals surface area (Å²) in [5, 5.41) is 41.1. The minimum atomic E-state index is -1.16. The maximum Gasteiger partial charge on any atom is 0.244 e. The van der Waals surface area contributed by atoms with E-state index in [0.717, 1.165) is 30.5 Å². The van der Waals surface area contributed by atoms with E-state index in [-0.39, 0.29) is 24.6 Å². The molecule has 3 heterocycles. The van der Waals surface area contributed by atoms with Gasteiger partial charge in [0, 0.05) is 52.9 Å². The van der Waals surface area contributed by atoms with Crippen molar-refractivity contribution in [2.75, 3.05) is 24.4 Å². The van der Waals surface area contributed by atoms with Gasteiger partial charge in [-0.05, 0) is 65.7 Å². The van der Waals surface area contributed by atoms with Crippen LogP contribution in [0.2, 0.25) is 5.02 Å². The molecule has 0 saturated heterocycles. The number of aliphatic hydroxyl groups is 2.